The van der Waals surface area contributed by atoms with Crippen LogP contribution in [0.15, 0.2) is 58.3 Å². The van der Waals surface area contributed by atoms with Crippen molar-refractivity contribution in [3.63, 3.8) is 0 Å². The standard InChI is InChI=1S/C18H14BrN3O3S2/c1-11-4-6-12(7-5-11)27(24,25)22-9-14(13-3-2-8-20-17(13)22)18-21-16(19)15(10-23)26-18/h2-9,23H,10H2,1H3. The summed E-state index contributed by atoms with van der Waals surface area (Å²) in [5.41, 5.74) is 1.97. The molecule has 0 amide bonds. The van der Waals surface area contributed by atoms with Crippen molar-refractivity contribution in [2.24, 2.45) is 0 Å². The van der Waals surface area contributed by atoms with Crippen molar-refractivity contribution in [2.75, 3.05) is 0 Å². The van der Waals surface area contributed by atoms with Crippen LogP contribution in [0.3, 0.4) is 0 Å². The van der Waals surface area contributed by atoms with Crippen LogP contribution in [0.4, 0.5) is 0 Å². The smallest absolute Gasteiger partial charge is 0.269 e. The number of nitrogens with zero attached hydrogens (tertiary/aromatic N) is 3. The van der Waals surface area contributed by atoms with Gasteiger partial charge in [0.2, 0.25) is 0 Å². The third kappa shape index (κ3) is 3.10. The van der Waals surface area contributed by atoms with Gasteiger partial charge in [0.15, 0.2) is 5.65 Å². The highest BCUT2D eigenvalue weighted by Gasteiger charge is 2.24. The van der Waals surface area contributed by atoms with Gasteiger partial charge in [0.1, 0.15) is 9.61 Å². The van der Waals surface area contributed by atoms with E-state index < -0.39 is 10.0 Å². The van der Waals surface area contributed by atoms with Crippen LogP contribution < -0.4 is 0 Å². The number of aliphatic hydroxyl groups excluding tert-OH is 1. The SMILES string of the molecule is Cc1ccc(S(=O)(=O)n2cc(-c3nc(Br)c(CO)s3)c3cccnc32)cc1. The van der Waals surface area contributed by atoms with E-state index in [2.05, 4.69) is 25.9 Å². The van der Waals surface area contributed by atoms with E-state index in [-0.39, 0.29) is 11.5 Å². The molecular weight excluding hydrogens is 450 g/mol. The van der Waals surface area contributed by atoms with E-state index in [9.17, 15) is 13.5 Å². The fraction of sp³-hybridized carbons (Fsp3) is 0.111. The first-order valence-corrected chi connectivity index (χ1v) is 11.0. The Morgan fingerprint density at radius 2 is 1.96 bits per heavy atom. The van der Waals surface area contributed by atoms with Gasteiger partial charge < -0.3 is 5.11 Å². The lowest BCUT2D eigenvalue weighted by molar-refractivity contribution is 0.284. The summed E-state index contributed by atoms with van der Waals surface area (Å²) in [6.45, 7) is 1.76. The lowest BCUT2D eigenvalue weighted by Gasteiger charge is -2.07. The Bertz CT molecular complexity index is 1240. The predicted octanol–water partition coefficient (Wildman–Crippen LogP) is 3.96. The van der Waals surface area contributed by atoms with Gasteiger partial charge >= 0.3 is 0 Å². The fourth-order valence-electron chi connectivity index (χ4n) is 2.75. The Kier molecular flexibility index (Phi) is 4.63. The number of aromatic nitrogens is 3. The molecule has 1 N–H and O–H groups in total. The molecule has 0 atom stereocenters. The lowest BCUT2D eigenvalue weighted by Crippen LogP contribution is -2.12. The molecule has 0 aliphatic carbocycles. The summed E-state index contributed by atoms with van der Waals surface area (Å²) in [7, 11) is -3.81. The van der Waals surface area contributed by atoms with Crippen LogP contribution in [0, 0.1) is 6.92 Å². The maximum absolute atomic E-state index is 13.2. The summed E-state index contributed by atoms with van der Waals surface area (Å²) in [5.74, 6) is 0. The van der Waals surface area contributed by atoms with Crippen molar-refractivity contribution in [3.8, 4) is 10.6 Å². The summed E-state index contributed by atoms with van der Waals surface area (Å²) < 4.78 is 28.1. The first kappa shape index (κ1) is 18.3. The second-order valence-electron chi connectivity index (χ2n) is 5.92. The highest BCUT2D eigenvalue weighted by Crippen LogP contribution is 2.37. The van der Waals surface area contributed by atoms with Gasteiger partial charge in [-0.3, -0.25) is 0 Å². The van der Waals surface area contributed by atoms with Crippen LogP contribution in [-0.4, -0.2) is 27.5 Å². The second kappa shape index (κ2) is 6.83. The van der Waals surface area contributed by atoms with E-state index in [0.717, 1.165) is 5.56 Å². The van der Waals surface area contributed by atoms with Gasteiger partial charge in [-0.2, -0.15) is 0 Å². The summed E-state index contributed by atoms with van der Waals surface area (Å²) in [4.78, 5) is 9.58. The normalized spacial score (nSPS) is 12.0. The van der Waals surface area contributed by atoms with Crippen LogP contribution >= 0.6 is 27.3 Å². The number of fused-ring (bicyclic) bond motifs is 1. The molecule has 1 aromatic carbocycles. The molecule has 9 heteroatoms. The monoisotopic (exact) mass is 463 g/mol. The molecule has 0 bridgehead atoms. The van der Waals surface area contributed by atoms with Crippen molar-refractivity contribution < 1.29 is 13.5 Å². The summed E-state index contributed by atoms with van der Waals surface area (Å²) >= 11 is 4.63. The summed E-state index contributed by atoms with van der Waals surface area (Å²) in [5, 5.41) is 10.7. The van der Waals surface area contributed by atoms with Crippen molar-refractivity contribution in [3.05, 3.63) is 63.8 Å². The first-order valence-electron chi connectivity index (χ1n) is 7.96. The minimum atomic E-state index is -3.81. The number of thiazole rings is 1. The van der Waals surface area contributed by atoms with Gasteiger partial charge in [-0.15, -0.1) is 11.3 Å². The molecule has 138 valence electrons. The molecule has 0 unspecified atom stereocenters. The molecule has 27 heavy (non-hydrogen) atoms. The van der Waals surface area contributed by atoms with Crippen LogP contribution in [0.5, 0.6) is 0 Å². The largest absolute Gasteiger partial charge is 0.391 e. The number of aliphatic hydroxyl groups is 1. The number of aryl methyl sites for hydroxylation is 1. The Hall–Kier alpha value is -2.07. The molecule has 3 heterocycles. The predicted molar refractivity (Wildman–Crippen MR) is 108 cm³/mol. The number of hydrogen-bond acceptors (Lipinski definition) is 6. The molecule has 4 rings (SSSR count). The molecule has 0 aliphatic heterocycles. The van der Waals surface area contributed by atoms with E-state index in [1.807, 2.05) is 13.0 Å². The molecule has 0 aliphatic rings. The minimum Gasteiger partial charge on any atom is -0.391 e. The fourth-order valence-corrected chi connectivity index (χ4v) is 5.58. The Morgan fingerprint density at radius 1 is 1.22 bits per heavy atom. The molecule has 0 spiro atoms. The maximum Gasteiger partial charge on any atom is 0.269 e. The number of benzene rings is 1. The van der Waals surface area contributed by atoms with Crippen molar-refractivity contribution in [2.45, 2.75) is 18.4 Å². The van der Waals surface area contributed by atoms with Crippen molar-refractivity contribution in [1.29, 1.82) is 0 Å². The maximum atomic E-state index is 13.2. The quantitative estimate of drug-likeness (QED) is 0.494. The topological polar surface area (TPSA) is 85.1 Å². The van der Waals surface area contributed by atoms with Gasteiger partial charge in [0, 0.05) is 23.3 Å². The molecule has 0 fully saturated rings. The van der Waals surface area contributed by atoms with E-state index in [0.29, 0.717) is 31.1 Å². The lowest BCUT2D eigenvalue weighted by atomic mass is 10.2. The molecule has 0 saturated carbocycles. The van der Waals surface area contributed by atoms with Gasteiger partial charge in [-0.05, 0) is 47.1 Å². The molecule has 3 aromatic heterocycles. The molecule has 4 aromatic rings. The van der Waals surface area contributed by atoms with E-state index >= 15 is 0 Å². The van der Waals surface area contributed by atoms with Crippen LogP contribution in [0.2, 0.25) is 0 Å². The Balaban J connectivity index is 1.96. The zero-order valence-corrected chi connectivity index (χ0v) is 17.3. The van der Waals surface area contributed by atoms with Crippen LogP contribution in [0.1, 0.15) is 10.4 Å². The highest BCUT2D eigenvalue weighted by molar-refractivity contribution is 9.10. The third-order valence-corrected chi connectivity index (χ3v) is 7.79. The molecule has 0 saturated heterocycles. The minimum absolute atomic E-state index is 0.142. The average molecular weight is 464 g/mol. The zero-order chi connectivity index (χ0) is 19.2. The van der Waals surface area contributed by atoms with Gasteiger partial charge in [-0.25, -0.2) is 22.4 Å². The molecule has 0 radical (unpaired) electrons. The van der Waals surface area contributed by atoms with Crippen LogP contribution in [-0.2, 0) is 16.6 Å². The number of rotatable bonds is 4. The first-order chi connectivity index (χ1) is 12.9. The average Bonchev–Trinajstić information content (AvgIpc) is 3.23. The number of pyridine rings is 1. The number of hydrogen-bond donors (Lipinski definition) is 1. The summed E-state index contributed by atoms with van der Waals surface area (Å²) in [6.07, 6.45) is 3.10. The van der Waals surface area contributed by atoms with Crippen LogP contribution in [0.25, 0.3) is 21.6 Å². The van der Waals surface area contributed by atoms with Gasteiger partial charge in [0.05, 0.1) is 16.4 Å². The Morgan fingerprint density at radius 3 is 2.63 bits per heavy atom. The second-order valence-corrected chi connectivity index (χ2v) is 9.57. The van der Waals surface area contributed by atoms with Gasteiger partial charge in [0.25, 0.3) is 10.0 Å². The van der Waals surface area contributed by atoms with Crippen molar-refractivity contribution >= 4 is 48.3 Å². The Labute approximate surface area is 168 Å². The van der Waals surface area contributed by atoms with Gasteiger partial charge in [-0.1, -0.05) is 17.7 Å². The zero-order valence-electron chi connectivity index (χ0n) is 14.1. The highest BCUT2D eigenvalue weighted by atomic mass is 79.9. The molecule has 6 nitrogen and oxygen atoms in total. The van der Waals surface area contributed by atoms with Crippen molar-refractivity contribution in [1.82, 2.24) is 13.9 Å². The van der Waals surface area contributed by atoms with E-state index in [1.54, 1.807) is 42.7 Å². The van der Waals surface area contributed by atoms with E-state index in [1.165, 1.54) is 15.3 Å². The number of halogens is 1. The summed E-state index contributed by atoms with van der Waals surface area (Å²) in [6, 6.07) is 10.3. The van der Waals surface area contributed by atoms with E-state index in [4.69, 9.17) is 0 Å². The molecular formula is C18H14BrN3O3S2. The third-order valence-electron chi connectivity index (χ3n) is 4.13.